The van der Waals surface area contributed by atoms with Gasteiger partial charge < -0.3 is 9.73 Å². The quantitative estimate of drug-likeness (QED) is 0.424. The summed E-state index contributed by atoms with van der Waals surface area (Å²) in [5.74, 6) is 0.271. The maximum Gasteiger partial charge on any atom is 0.271 e. The summed E-state index contributed by atoms with van der Waals surface area (Å²) in [5, 5.41) is 14.4. The molecule has 0 bridgehead atoms. The third-order valence-electron chi connectivity index (χ3n) is 3.85. The van der Waals surface area contributed by atoms with E-state index < -0.39 is 4.92 Å². The summed E-state index contributed by atoms with van der Waals surface area (Å²) in [4.78, 5) is 27.3. The van der Waals surface area contributed by atoms with E-state index in [0.29, 0.717) is 22.3 Å². The first-order chi connectivity index (χ1) is 11.5. The predicted octanol–water partition coefficient (Wildman–Crippen LogP) is 3.82. The Morgan fingerprint density at radius 1 is 1.21 bits per heavy atom. The first-order valence-electron chi connectivity index (χ1n) is 7.20. The molecule has 0 radical (unpaired) electrons. The highest BCUT2D eigenvalue weighted by molar-refractivity contribution is 5.97. The van der Waals surface area contributed by atoms with Gasteiger partial charge >= 0.3 is 0 Å². The number of hydrogen-bond donors (Lipinski definition) is 1. The molecule has 24 heavy (non-hydrogen) atoms. The molecule has 1 aliphatic rings. The monoisotopic (exact) mass is 321 g/mol. The second kappa shape index (κ2) is 5.02. The van der Waals surface area contributed by atoms with Crippen LogP contribution in [0.5, 0.6) is 0 Å². The molecule has 2 heterocycles. The zero-order valence-electron chi connectivity index (χ0n) is 12.6. The average Bonchev–Trinajstić information content (AvgIpc) is 2.74. The third kappa shape index (κ3) is 2.14. The van der Waals surface area contributed by atoms with Gasteiger partial charge in [-0.25, -0.2) is 0 Å². The van der Waals surface area contributed by atoms with E-state index in [2.05, 4.69) is 10.3 Å². The molecule has 3 aromatic rings. The number of rotatable bonds is 1. The predicted molar refractivity (Wildman–Crippen MR) is 90.9 cm³/mol. The lowest BCUT2D eigenvalue weighted by Gasteiger charge is -2.08. The van der Waals surface area contributed by atoms with Gasteiger partial charge in [-0.2, -0.15) is 0 Å². The molecule has 0 fully saturated rings. The van der Waals surface area contributed by atoms with E-state index in [-0.39, 0.29) is 22.6 Å². The van der Waals surface area contributed by atoms with Gasteiger partial charge in [-0.3, -0.25) is 19.9 Å². The van der Waals surface area contributed by atoms with Crippen LogP contribution >= 0.6 is 0 Å². The largest absolute Gasteiger partial charge is 0.439 e. The normalized spacial score (nSPS) is 12.2. The Morgan fingerprint density at radius 3 is 2.83 bits per heavy atom. The minimum absolute atomic E-state index is 0.0706. The number of nitrogens with zero attached hydrogens (tertiary/aromatic N) is 2. The zero-order valence-corrected chi connectivity index (χ0v) is 12.6. The Hall–Kier alpha value is -3.48. The first-order valence-corrected chi connectivity index (χ1v) is 7.20. The number of nitro groups is 1. The number of aryl methyl sites for hydroxylation is 1. The average molecular weight is 321 g/mol. The van der Waals surface area contributed by atoms with Crippen molar-refractivity contribution in [1.29, 1.82) is 0 Å². The molecule has 1 aromatic heterocycles. The summed E-state index contributed by atoms with van der Waals surface area (Å²) in [5.41, 5.74) is 2.34. The number of fused-ring (bicyclic) bond motifs is 3. The van der Waals surface area contributed by atoms with Gasteiger partial charge in [0, 0.05) is 18.3 Å². The minimum Gasteiger partial charge on any atom is -0.439 e. The van der Waals surface area contributed by atoms with E-state index in [1.54, 1.807) is 18.2 Å². The van der Waals surface area contributed by atoms with Crippen molar-refractivity contribution >= 4 is 40.1 Å². The summed E-state index contributed by atoms with van der Waals surface area (Å²) < 4.78 is 5.80. The zero-order chi connectivity index (χ0) is 16.8. The molecule has 0 aliphatic carbocycles. The third-order valence-corrected chi connectivity index (χ3v) is 3.85. The lowest BCUT2D eigenvalue weighted by molar-refractivity contribution is -0.384. The standard InChI is InChI=1S/C17H11N3O4/c1-9-2-5-15-11(6-9)16(21)12-8-18-14-7-10(20(22)23)3-4-13(14)19-17(12)24-15/h2-8,19H,1H3. The van der Waals surface area contributed by atoms with E-state index in [4.69, 9.17) is 4.42 Å². The van der Waals surface area contributed by atoms with Crippen LogP contribution in [0.3, 0.4) is 0 Å². The van der Waals surface area contributed by atoms with Gasteiger partial charge in [-0.1, -0.05) is 11.6 Å². The Bertz CT molecular complexity index is 1100. The van der Waals surface area contributed by atoms with Gasteiger partial charge in [0.2, 0.25) is 11.3 Å². The van der Waals surface area contributed by atoms with Gasteiger partial charge in [0.15, 0.2) is 0 Å². The maximum absolute atomic E-state index is 12.7. The summed E-state index contributed by atoms with van der Waals surface area (Å²) in [6, 6.07) is 9.62. The molecule has 0 unspecified atom stereocenters. The molecular weight excluding hydrogens is 310 g/mol. The molecule has 4 rings (SSSR count). The van der Waals surface area contributed by atoms with E-state index in [1.807, 2.05) is 13.0 Å². The van der Waals surface area contributed by atoms with Gasteiger partial charge in [0.05, 0.1) is 21.7 Å². The summed E-state index contributed by atoms with van der Waals surface area (Å²) in [6.07, 6.45) is 1.38. The molecule has 0 saturated carbocycles. The number of nitrogens with one attached hydrogen (secondary N) is 1. The Labute approximate surface area is 135 Å². The van der Waals surface area contributed by atoms with Crippen LogP contribution in [0.25, 0.3) is 11.0 Å². The van der Waals surface area contributed by atoms with Crippen LogP contribution < -0.4 is 10.7 Å². The Morgan fingerprint density at radius 2 is 2.04 bits per heavy atom. The highest BCUT2D eigenvalue weighted by atomic mass is 16.6. The van der Waals surface area contributed by atoms with Crippen LogP contribution in [0.2, 0.25) is 0 Å². The lowest BCUT2D eigenvalue weighted by Crippen LogP contribution is -2.11. The summed E-state index contributed by atoms with van der Waals surface area (Å²) in [7, 11) is 0. The molecule has 0 saturated heterocycles. The van der Waals surface area contributed by atoms with E-state index >= 15 is 0 Å². The van der Waals surface area contributed by atoms with Gasteiger partial charge in [0.25, 0.3) is 5.69 Å². The van der Waals surface area contributed by atoms with Crippen molar-refractivity contribution in [3.63, 3.8) is 0 Å². The lowest BCUT2D eigenvalue weighted by atomic mass is 10.1. The maximum atomic E-state index is 12.7. The summed E-state index contributed by atoms with van der Waals surface area (Å²) in [6.45, 7) is 1.89. The fourth-order valence-corrected chi connectivity index (χ4v) is 2.64. The Kier molecular flexibility index (Phi) is 2.96. The number of non-ortho nitro benzene ring substituents is 1. The second-order valence-electron chi connectivity index (χ2n) is 5.52. The highest BCUT2D eigenvalue weighted by Gasteiger charge is 2.19. The number of anilines is 2. The summed E-state index contributed by atoms with van der Waals surface area (Å²) >= 11 is 0. The Balaban J connectivity index is 1.95. The second-order valence-corrected chi connectivity index (χ2v) is 5.52. The molecule has 118 valence electrons. The van der Waals surface area contributed by atoms with E-state index in [0.717, 1.165) is 5.56 Å². The van der Waals surface area contributed by atoms with Crippen LogP contribution in [0.1, 0.15) is 11.1 Å². The molecule has 7 nitrogen and oxygen atoms in total. The number of hydrogen-bond acceptors (Lipinski definition) is 6. The molecule has 2 aromatic carbocycles. The fraction of sp³-hybridized carbons (Fsp3) is 0.0588. The van der Waals surface area contributed by atoms with Crippen molar-refractivity contribution in [3.8, 4) is 0 Å². The van der Waals surface area contributed by atoms with Crippen molar-refractivity contribution < 1.29 is 9.34 Å². The van der Waals surface area contributed by atoms with Crippen molar-refractivity contribution in [2.24, 2.45) is 4.99 Å². The number of benzene rings is 2. The van der Waals surface area contributed by atoms with Gasteiger partial charge in [-0.05, 0) is 25.1 Å². The SMILES string of the molecule is Cc1ccc2oc3c(c(=O)c2c1)C=Nc1cc([N+](=O)[O-])ccc1N3. The number of aliphatic imine (C=N–C) groups is 1. The molecule has 7 heteroatoms. The van der Waals surface area contributed by atoms with Crippen molar-refractivity contribution in [1.82, 2.24) is 0 Å². The van der Waals surface area contributed by atoms with E-state index in [9.17, 15) is 14.9 Å². The molecule has 0 spiro atoms. The fourth-order valence-electron chi connectivity index (χ4n) is 2.64. The molecule has 0 atom stereocenters. The first kappa shape index (κ1) is 14.1. The van der Waals surface area contributed by atoms with Crippen molar-refractivity contribution in [2.75, 3.05) is 5.32 Å². The van der Waals surface area contributed by atoms with Gasteiger partial charge in [-0.15, -0.1) is 0 Å². The van der Waals surface area contributed by atoms with Crippen LogP contribution in [0.4, 0.5) is 22.9 Å². The highest BCUT2D eigenvalue weighted by Crippen LogP contribution is 2.35. The van der Waals surface area contributed by atoms with Crippen LogP contribution in [0.15, 0.2) is 50.6 Å². The molecular formula is C17H11N3O4. The van der Waals surface area contributed by atoms with Crippen molar-refractivity contribution in [2.45, 2.75) is 6.92 Å². The minimum atomic E-state index is -0.492. The van der Waals surface area contributed by atoms with Crippen LogP contribution in [-0.4, -0.2) is 11.1 Å². The van der Waals surface area contributed by atoms with E-state index in [1.165, 1.54) is 18.3 Å². The van der Waals surface area contributed by atoms with Crippen LogP contribution in [-0.2, 0) is 0 Å². The molecule has 1 N–H and O–H groups in total. The topological polar surface area (TPSA) is 97.7 Å². The number of nitro benzene ring substituents is 1. The van der Waals surface area contributed by atoms with Crippen molar-refractivity contribution in [3.05, 3.63) is 67.9 Å². The smallest absolute Gasteiger partial charge is 0.271 e. The molecule has 0 amide bonds. The molecule has 1 aliphatic heterocycles. The van der Waals surface area contributed by atoms with Gasteiger partial charge in [0.1, 0.15) is 11.1 Å². The van der Waals surface area contributed by atoms with Crippen LogP contribution in [0, 0.1) is 17.0 Å².